The van der Waals surface area contributed by atoms with E-state index in [0.29, 0.717) is 18.7 Å². The molecule has 0 aromatic heterocycles. The highest BCUT2D eigenvalue weighted by Crippen LogP contribution is 2.26. The molecule has 0 saturated heterocycles. The first-order chi connectivity index (χ1) is 12.8. The highest BCUT2D eigenvalue weighted by atomic mass is 32.2. The highest BCUT2D eigenvalue weighted by Gasteiger charge is 2.21. The molecule has 0 bridgehead atoms. The minimum Gasteiger partial charge on any atom is -0.478 e. The van der Waals surface area contributed by atoms with Gasteiger partial charge in [-0.05, 0) is 51.3 Å². The van der Waals surface area contributed by atoms with Gasteiger partial charge in [-0.15, -0.1) is 0 Å². The molecule has 1 aliphatic carbocycles. The summed E-state index contributed by atoms with van der Waals surface area (Å²) in [6.45, 7) is 4.53. The summed E-state index contributed by atoms with van der Waals surface area (Å²) < 4.78 is 32.8. The van der Waals surface area contributed by atoms with E-state index in [-0.39, 0.29) is 29.1 Å². The topological polar surface area (TPSA) is 105 Å². The molecule has 0 amide bonds. The van der Waals surface area contributed by atoms with Gasteiger partial charge in [-0.1, -0.05) is 19.3 Å². The molecular formula is C19H30N2O5S. The van der Waals surface area contributed by atoms with Crippen LogP contribution in [0.1, 0.15) is 62.7 Å². The lowest BCUT2D eigenvalue weighted by atomic mass is 9.95. The Morgan fingerprint density at radius 1 is 1.26 bits per heavy atom. The normalized spacial score (nSPS) is 15.8. The van der Waals surface area contributed by atoms with E-state index in [1.807, 2.05) is 13.8 Å². The fraction of sp³-hybridized carbons (Fsp3) is 0.632. The maximum Gasteiger partial charge on any atom is 0.337 e. The number of aromatic carboxylic acids is 1. The largest absolute Gasteiger partial charge is 0.478 e. The summed E-state index contributed by atoms with van der Waals surface area (Å²) >= 11 is 0. The highest BCUT2D eigenvalue weighted by molar-refractivity contribution is 7.89. The molecule has 8 heteroatoms. The van der Waals surface area contributed by atoms with Crippen LogP contribution in [0, 0.1) is 0 Å². The number of carboxylic acid groups (broad SMARTS) is 1. The van der Waals surface area contributed by atoms with Crippen molar-refractivity contribution in [1.29, 1.82) is 0 Å². The average molecular weight is 399 g/mol. The van der Waals surface area contributed by atoms with Crippen molar-refractivity contribution in [2.45, 2.75) is 69.4 Å². The molecule has 2 rings (SSSR count). The molecule has 1 aliphatic rings. The van der Waals surface area contributed by atoms with Crippen LogP contribution >= 0.6 is 0 Å². The van der Waals surface area contributed by atoms with Gasteiger partial charge < -0.3 is 15.2 Å². The maximum atomic E-state index is 12.4. The Morgan fingerprint density at radius 2 is 1.96 bits per heavy atom. The third-order valence-corrected chi connectivity index (χ3v) is 6.02. The first kappa shape index (κ1) is 21.7. The van der Waals surface area contributed by atoms with Crippen LogP contribution in [0.2, 0.25) is 0 Å². The molecule has 1 fully saturated rings. The molecule has 0 radical (unpaired) electrons. The average Bonchev–Trinajstić information content (AvgIpc) is 2.62. The van der Waals surface area contributed by atoms with Gasteiger partial charge in [0.25, 0.3) is 0 Å². The van der Waals surface area contributed by atoms with Crippen LogP contribution in [0.5, 0.6) is 0 Å². The van der Waals surface area contributed by atoms with Gasteiger partial charge in [-0.2, -0.15) is 0 Å². The van der Waals surface area contributed by atoms with Gasteiger partial charge in [-0.3, -0.25) is 0 Å². The third kappa shape index (κ3) is 6.79. The predicted octanol–water partition coefficient (Wildman–Crippen LogP) is 3.22. The van der Waals surface area contributed by atoms with Gasteiger partial charge >= 0.3 is 5.97 Å². The number of carbonyl (C=O) groups is 1. The Morgan fingerprint density at radius 3 is 2.59 bits per heavy atom. The van der Waals surface area contributed by atoms with Gasteiger partial charge in [-0.25, -0.2) is 17.9 Å². The fourth-order valence-corrected chi connectivity index (χ4v) is 4.24. The molecule has 1 aromatic carbocycles. The second-order valence-electron chi connectivity index (χ2n) is 7.16. The molecule has 0 aliphatic heterocycles. The van der Waals surface area contributed by atoms with Crippen LogP contribution in [0.3, 0.4) is 0 Å². The lowest BCUT2D eigenvalue weighted by Gasteiger charge is -2.24. The van der Waals surface area contributed by atoms with E-state index in [1.54, 1.807) is 6.07 Å². The zero-order valence-electron chi connectivity index (χ0n) is 16.0. The number of ether oxygens (including phenoxy) is 1. The van der Waals surface area contributed by atoms with E-state index in [1.165, 1.54) is 18.6 Å². The maximum absolute atomic E-state index is 12.4. The number of hydrogen-bond acceptors (Lipinski definition) is 5. The van der Waals surface area contributed by atoms with Gasteiger partial charge in [0, 0.05) is 24.9 Å². The Balaban J connectivity index is 2.05. The van der Waals surface area contributed by atoms with Crippen molar-refractivity contribution in [3.63, 3.8) is 0 Å². The summed E-state index contributed by atoms with van der Waals surface area (Å²) in [5, 5.41) is 12.8. The molecule has 0 heterocycles. The van der Waals surface area contributed by atoms with E-state index in [0.717, 1.165) is 25.7 Å². The van der Waals surface area contributed by atoms with E-state index in [4.69, 9.17) is 4.74 Å². The molecule has 7 nitrogen and oxygen atoms in total. The predicted molar refractivity (Wildman–Crippen MR) is 105 cm³/mol. The smallest absolute Gasteiger partial charge is 0.337 e. The molecule has 0 unspecified atom stereocenters. The van der Waals surface area contributed by atoms with Crippen LogP contribution in [0.4, 0.5) is 5.69 Å². The first-order valence-electron chi connectivity index (χ1n) is 9.55. The van der Waals surface area contributed by atoms with Gasteiger partial charge in [0.15, 0.2) is 0 Å². The SMILES string of the molecule is CC(C)OCCCNS(=O)(=O)c1ccc(NC2CCCCC2)c(C(=O)O)c1. The van der Waals surface area contributed by atoms with Crippen molar-refractivity contribution >= 4 is 21.7 Å². The Bertz CT molecular complexity index is 728. The summed E-state index contributed by atoms with van der Waals surface area (Å²) in [6, 6.07) is 4.46. The minimum atomic E-state index is -3.76. The number of carboxylic acids is 1. The zero-order valence-corrected chi connectivity index (χ0v) is 16.8. The van der Waals surface area contributed by atoms with Crippen molar-refractivity contribution in [3.8, 4) is 0 Å². The van der Waals surface area contributed by atoms with Gasteiger partial charge in [0.2, 0.25) is 10.0 Å². The quantitative estimate of drug-likeness (QED) is 0.523. The number of nitrogens with one attached hydrogen (secondary N) is 2. The Hall–Kier alpha value is -1.64. The summed E-state index contributed by atoms with van der Waals surface area (Å²) in [7, 11) is -3.76. The fourth-order valence-electron chi connectivity index (χ4n) is 3.14. The van der Waals surface area contributed by atoms with Crippen molar-refractivity contribution in [2.24, 2.45) is 0 Å². The zero-order chi connectivity index (χ0) is 19.9. The van der Waals surface area contributed by atoms with Crippen LogP contribution in [0.25, 0.3) is 0 Å². The van der Waals surface area contributed by atoms with Gasteiger partial charge in [0.05, 0.1) is 16.6 Å². The number of rotatable bonds is 10. The monoisotopic (exact) mass is 398 g/mol. The van der Waals surface area contributed by atoms with Crippen molar-refractivity contribution < 1.29 is 23.1 Å². The molecule has 27 heavy (non-hydrogen) atoms. The van der Waals surface area contributed by atoms with Crippen molar-refractivity contribution in [3.05, 3.63) is 23.8 Å². The number of sulfonamides is 1. The molecule has 3 N–H and O–H groups in total. The van der Waals surface area contributed by atoms with Crippen molar-refractivity contribution in [2.75, 3.05) is 18.5 Å². The van der Waals surface area contributed by atoms with Crippen LogP contribution in [-0.4, -0.2) is 44.8 Å². The second-order valence-corrected chi connectivity index (χ2v) is 8.93. The molecule has 152 valence electrons. The molecule has 1 aromatic rings. The lowest BCUT2D eigenvalue weighted by Crippen LogP contribution is -2.27. The molecule has 0 spiro atoms. The third-order valence-electron chi connectivity index (χ3n) is 4.56. The Kier molecular flexibility index (Phi) is 8.07. The van der Waals surface area contributed by atoms with Crippen LogP contribution in [0.15, 0.2) is 23.1 Å². The van der Waals surface area contributed by atoms with Crippen LogP contribution in [-0.2, 0) is 14.8 Å². The summed E-state index contributed by atoms with van der Waals surface area (Å²) in [4.78, 5) is 11.6. The number of anilines is 1. The minimum absolute atomic E-state index is 0.0217. The van der Waals surface area contributed by atoms with E-state index < -0.39 is 16.0 Å². The van der Waals surface area contributed by atoms with E-state index in [9.17, 15) is 18.3 Å². The first-order valence-corrected chi connectivity index (χ1v) is 11.0. The number of benzene rings is 1. The summed E-state index contributed by atoms with van der Waals surface area (Å²) in [5.41, 5.74) is 0.449. The number of hydrogen-bond donors (Lipinski definition) is 3. The molecule has 1 saturated carbocycles. The summed E-state index contributed by atoms with van der Waals surface area (Å²) in [5.74, 6) is -1.14. The van der Waals surface area contributed by atoms with Crippen LogP contribution < -0.4 is 10.0 Å². The van der Waals surface area contributed by atoms with E-state index in [2.05, 4.69) is 10.0 Å². The van der Waals surface area contributed by atoms with E-state index >= 15 is 0 Å². The molecular weight excluding hydrogens is 368 g/mol. The molecule has 0 atom stereocenters. The van der Waals surface area contributed by atoms with Crippen molar-refractivity contribution in [1.82, 2.24) is 4.72 Å². The lowest BCUT2D eigenvalue weighted by molar-refractivity contribution is 0.0697. The van der Waals surface area contributed by atoms with Gasteiger partial charge in [0.1, 0.15) is 0 Å². The summed E-state index contributed by atoms with van der Waals surface area (Å²) in [6.07, 6.45) is 6.09. The second kappa shape index (κ2) is 10.1. The standard InChI is InChI=1S/C19H30N2O5S/c1-14(2)26-12-6-11-20-27(24,25)16-9-10-18(17(13-16)19(22)23)21-15-7-4-3-5-8-15/h9-10,13-15,20-21H,3-8,11-12H2,1-2H3,(H,22,23). The Labute approximate surface area is 161 Å².